The number of nitrogens with zero attached hydrogens (tertiary/aromatic N) is 1. The Morgan fingerprint density at radius 3 is 2.73 bits per heavy atom. The Labute approximate surface area is 94.7 Å². The van der Waals surface area contributed by atoms with Crippen molar-refractivity contribution in [3.63, 3.8) is 0 Å². The molecule has 2 rings (SSSR count). The Morgan fingerprint density at radius 2 is 2.00 bits per heavy atom. The van der Waals surface area contributed by atoms with Gasteiger partial charge in [0.15, 0.2) is 0 Å². The highest BCUT2D eigenvalue weighted by atomic mass is 35.5. The normalized spacial score (nSPS) is 10.3. The summed E-state index contributed by atoms with van der Waals surface area (Å²) in [6, 6.07) is 10.4. The van der Waals surface area contributed by atoms with Gasteiger partial charge in [-0.3, -0.25) is 4.98 Å². The van der Waals surface area contributed by atoms with E-state index in [1.165, 1.54) is 11.1 Å². The maximum absolute atomic E-state index is 5.88. The first-order valence-corrected chi connectivity index (χ1v) is 5.27. The maximum atomic E-state index is 5.88. The Morgan fingerprint density at radius 1 is 1.13 bits per heavy atom. The average molecular weight is 218 g/mol. The molecule has 0 aliphatic rings. The van der Waals surface area contributed by atoms with E-state index in [0.717, 1.165) is 12.0 Å². The largest absolute Gasteiger partial charge is 0.263 e. The summed E-state index contributed by atoms with van der Waals surface area (Å²) in [7, 11) is 0. The number of benzene rings is 1. The second kappa shape index (κ2) is 4.45. The number of aryl methyl sites for hydroxylation is 1. The summed E-state index contributed by atoms with van der Waals surface area (Å²) in [6.07, 6.45) is 4.39. The highest BCUT2D eigenvalue weighted by Crippen LogP contribution is 2.13. The molecule has 1 heterocycles. The lowest BCUT2D eigenvalue weighted by molar-refractivity contribution is 1.14. The van der Waals surface area contributed by atoms with E-state index in [-0.39, 0.29) is 0 Å². The molecule has 0 aliphatic heterocycles. The van der Waals surface area contributed by atoms with Crippen LogP contribution in [0.1, 0.15) is 16.7 Å². The van der Waals surface area contributed by atoms with Gasteiger partial charge in [0.2, 0.25) is 0 Å². The predicted octanol–water partition coefficient (Wildman–Crippen LogP) is 3.63. The quantitative estimate of drug-likeness (QED) is 0.749. The lowest BCUT2D eigenvalue weighted by Gasteiger charge is -2.02. The zero-order chi connectivity index (χ0) is 10.7. The summed E-state index contributed by atoms with van der Waals surface area (Å²) >= 11 is 5.88. The standard InChI is InChI=1S/C13H12ClN/c1-10-3-2-4-11(5-10)6-12-7-13(14)9-15-8-12/h2-5,7-9H,6H2,1H3. The predicted molar refractivity (Wildman–Crippen MR) is 63.2 cm³/mol. The van der Waals surface area contributed by atoms with E-state index in [1.54, 1.807) is 6.20 Å². The zero-order valence-electron chi connectivity index (χ0n) is 8.57. The highest BCUT2D eigenvalue weighted by Gasteiger charge is 1.98. The monoisotopic (exact) mass is 217 g/mol. The van der Waals surface area contributed by atoms with Gasteiger partial charge >= 0.3 is 0 Å². The molecular weight excluding hydrogens is 206 g/mol. The Hall–Kier alpha value is -1.34. The van der Waals surface area contributed by atoms with Gasteiger partial charge in [0.05, 0.1) is 5.02 Å². The molecule has 1 aromatic heterocycles. The minimum absolute atomic E-state index is 0.695. The van der Waals surface area contributed by atoms with Crippen LogP contribution in [0.3, 0.4) is 0 Å². The van der Waals surface area contributed by atoms with E-state index in [9.17, 15) is 0 Å². The number of hydrogen-bond donors (Lipinski definition) is 0. The minimum atomic E-state index is 0.695. The molecule has 0 unspecified atom stereocenters. The van der Waals surface area contributed by atoms with Gasteiger partial charge in [0.25, 0.3) is 0 Å². The number of halogens is 1. The lowest BCUT2D eigenvalue weighted by atomic mass is 10.0. The van der Waals surface area contributed by atoms with E-state index in [2.05, 4.69) is 36.2 Å². The van der Waals surface area contributed by atoms with Crippen molar-refractivity contribution in [3.05, 3.63) is 64.4 Å². The molecule has 2 aromatic rings. The van der Waals surface area contributed by atoms with Crippen LogP contribution in [0.2, 0.25) is 5.02 Å². The fourth-order valence-electron chi connectivity index (χ4n) is 1.61. The van der Waals surface area contributed by atoms with Gasteiger partial charge in [-0.25, -0.2) is 0 Å². The topological polar surface area (TPSA) is 12.9 Å². The van der Waals surface area contributed by atoms with Crippen LogP contribution in [0.5, 0.6) is 0 Å². The molecule has 0 spiro atoms. The second-order valence-electron chi connectivity index (χ2n) is 3.68. The molecule has 0 atom stereocenters. The van der Waals surface area contributed by atoms with Crippen LogP contribution < -0.4 is 0 Å². The summed E-state index contributed by atoms with van der Waals surface area (Å²) < 4.78 is 0. The van der Waals surface area contributed by atoms with Crippen LogP contribution in [0.25, 0.3) is 0 Å². The fraction of sp³-hybridized carbons (Fsp3) is 0.154. The van der Waals surface area contributed by atoms with Gasteiger partial charge in [-0.05, 0) is 30.5 Å². The van der Waals surface area contributed by atoms with Crippen molar-refractivity contribution < 1.29 is 0 Å². The third-order valence-electron chi connectivity index (χ3n) is 2.25. The molecule has 1 nitrogen and oxygen atoms in total. The summed E-state index contributed by atoms with van der Waals surface area (Å²) in [5.74, 6) is 0. The molecule has 1 aromatic carbocycles. The van der Waals surface area contributed by atoms with Crippen molar-refractivity contribution in [1.29, 1.82) is 0 Å². The number of rotatable bonds is 2. The van der Waals surface area contributed by atoms with Crippen molar-refractivity contribution in [2.24, 2.45) is 0 Å². The minimum Gasteiger partial charge on any atom is -0.263 e. The SMILES string of the molecule is Cc1cccc(Cc2cncc(Cl)c2)c1. The fourth-order valence-corrected chi connectivity index (χ4v) is 1.81. The number of pyridine rings is 1. The van der Waals surface area contributed by atoms with Crippen LogP contribution in [-0.4, -0.2) is 4.98 Å². The average Bonchev–Trinajstić information content (AvgIpc) is 2.17. The molecule has 2 heteroatoms. The first-order valence-electron chi connectivity index (χ1n) is 4.89. The van der Waals surface area contributed by atoms with Crippen LogP contribution in [0.4, 0.5) is 0 Å². The molecule has 0 amide bonds. The van der Waals surface area contributed by atoms with Gasteiger partial charge in [-0.15, -0.1) is 0 Å². The molecule has 0 fully saturated rings. The van der Waals surface area contributed by atoms with Crippen molar-refractivity contribution >= 4 is 11.6 Å². The van der Waals surface area contributed by atoms with Crippen LogP contribution >= 0.6 is 11.6 Å². The lowest BCUT2D eigenvalue weighted by Crippen LogP contribution is -1.89. The van der Waals surface area contributed by atoms with Gasteiger partial charge in [0, 0.05) is 12.4 Å². The van der Waals surface area contributed by atoms with E-state index >= 15 is 0 Å². The number of hydrogen-bond acceptors (Lipinski definition) is 1. The highest BCUT2D eigenvalue weighted by molar-refractivity contribution is 6.30. The Bertz CT molecular complexity index is 422. The third kappa shape index (κ3) is 2.80. The number of aromatic nitrogens is 1. The summed E-state index contributed by atoms with van der Waals surface area (Å²) in [5, 5.41) is 0.695. The van der Waals surface area contributed by atoms with E-state index < -0.39 is 0 Å². The van der Waals surface area contributed by atoms with Gasteiger partial charge in [-0.1, -0.05) is 41.4 Å². The molecule has 0 saturated carbocycles. The zero-order valence-corrected chi connectivity index (χ0v) is 9.33. The molecule has 0 aliphatic carbocycles. The Balaban J connectivity index is 2.22. The first-order chi connectivity index (χ1) is 7.24. The van der Waals surface area contributed by atoms with Gasteiger partial charge in [0.1, 0.15) is 0 Å². The summed E-state index contributed by atoms with van der Waals surface area (Å²) in [5.41, 5.74) is 3.72. The third-order valence-corrected chi connectivity index (χ3v) is 2.46. The molecule has 0 N–H and O–H groups in total. The first kappa shape index (κ1) is 10.2. The Kier molecular flexibility index (Phi) is 3.02. The van der Waals surface area contributed by atoms with Crippen molar-refractivity contribution in [2.75, 3.05) is 0 Å². The molecule has 0 saturated heterocycles. The van der Waals surface area contributed by atoms with Crippen molar-refractivity contribution in [3.8, 4) is 0 Å². The van der Waals surface area contributed by atoms with E-state index in [0.29, 0.717) is 5.02 Å². The molecule has 0 bridgehead atoms. The van der Waals surface area contributed by atoms with Crippen LogP contribution in [0.15, 0.2) is 42.7 Å². The van der Waals surface area contributed by atoms with Crippen molar-refractivity contribution in [2.45, 2.75) is 13.3 Å². The van der Waals surface area contributed by atoms with Crippen molar-refractivity contribution in [1.82, 2.24) is 4.98 Å². The van der Waals surface area contributed by atoms with Gasteiger partial charge in [-0.2, -0.15) is 0 Å². The summed E-state index contributed by atoms with van der Waals surface area (Å²) in [4.78, 5) is 4.07. The summed E-state index contributed by atoms with van der Waals surface area (Å²) in [6.45, 7) is 2.10. The second-order valence-corrected chi connectivity index (χ2v) is 4.11. The smallest absolute Gasteiger partial charge is 0.0592 e. The van der Waals surface area contributed by atoms with E-state index in [1.807, 2.05) is 12.3 Å². The molecule has 0 radical (unpaired) electrons. The molecular formula is C13H12ClN. The maximum Gasteiger partial charge on any atom is 0.0592 e. The molecule has 15 heavy (non-hydrogen) atoms. The van der Waals surface area contributed by atoms with Crippen LogP contribution in [0, 0.1) is 6.92 Å². The van der Waals surface area contributed by atoms with E-state index in [4.69, 9.17) is 11.6 Å². The van der Waals surface area contributed by atoms with Crippen LogP contribution in [-0.2, 0) is 6.42 Å². The van der Waals surface area contributed by atoms with Gasteiger partial charge < -0.3 is 0 Å². The molecule has 76 valence electrons.